The second-order valence-corrected chi connectivity index (χ2v) is 23.4. The molecular formula is C71H80N2S. The van der Waals surface area contributed by atoms with E-state index in [2.05, 4.69) is 258 Å². The Labute approximate surface area is 451 Å². The molecule has 0 spiro atoms. The van der Waals surface area contributed by atoms with Gasteiger partial charge in [0, 0.05) is 39.0 Å². The molecule has 0 saturated carbocycles. The van der Waals surface area contributed by atoms with Crippen LogP contribution in [0.25, 0.3) is 0 Å². The molecule has 0 bridgehead atoms. The Kier molecular flexibility index (Phi) is 17.6. The lowest BCUT2D eigenvalue weighted by Crippen LogP contribution is -2.15. The standard InChI is InChI=1S/C71H80N2S/c1-52(2)70(49-36-62(51-71(4,5)6)59-29-22-54(23-30-59)15-12-13-17-57-26-31-58-34-35-61(58)50-57)60-32-24-55(25-33-60)14-10-11-16-56-27-39-65(40-28-56)73(68-45-47-69(74)48-46-68)67-43-41-66(42-44-67)72(63-18-8-7-9-19-63)64-37-20-53(3)21-38-64/h7-9,18-33,37-48,50,52,62,70,74H,10-17,34-36,49,51H2,1-6H3. The topological polar surface area (TPSA) is 6.48 Å². The molecule has 8 aromatic carbocycles. The number of thiol groups is 1. The first-order valence-electron chi connectivity index (χ1n) is 27.9. The number of nitrogens with zero attached hydrogens (tertiary/aromatic N) is 2. The quantitative estimate of drug-likeness (QED) is 0.0504. The zero-order chi connectivity index (χ0) is 51.4. The number of benzene rings is 8. The molecule has 0 radical (unpaired) electrons. The number of aryl methyl sites for hydroxylation is 7. The van der Waals surface area contributed by atoms with E-state index in [9.17, 15) is 0 Å². The number of anilines is 6. The summed E-state index contributed by atoms with van der Waals surface area (Å²) in [5.74, 6) is 1.72. The summed E-state index contributed by atoms with van der Waals surface area (Å²) < 4.78 is 0. The Morgan fingerprint density at radius 1 is 0.432 bits per heavy atom. The highest BCUT2D eigenvalue weighted by Crippen LogP contribution is 2.41. The highest BCUT2D eigenvalue weighted by atomic mass is 32.1. The van der Waals surface area contributed by atoms with Crippen LogP contribution in [-0.4, -0.2) is 0 Å². The summed E-state index contributed by atoms with van der Waals surface area (Å²) in [4.78, 5) is 5.61. The van der Waals surface area contributed by atoms with E-state index in [1.54, 1.807) is 11.1 Å². The van der Waals surface area contributed by atoms with Crippen LogP contribution in [0, 0.1) is 18.3 Å². The molecule has 9 rings (SSSR count). The Hall–Kier alpha value is -6.29. The van der Waals surface area contributed by atoms with E-state index in [1.807, 2.05) is 0 Å². The van der Waals surface area contributed by atoms with Gasteiger partial charge in [0.05, 0.1) is 0 Å². The molecule has 2 atom stereocenters. The lowest BCUT2D eigenvalue weighted by molar-refractivity contribution is 0.317. The van der Waals surface area contributed by atoms with Gasteiger partial charge in [0.15, 0.2) is 0 Å². The molecule has 0 N–H and O–H groups in total. The van der Waals surface area contributed by atoms with E-state index < -0.39 is 0 Å². The van der Waals surface area contributed by atoms with Gasteiger partial charge in [-0.1, -0.05) is 149 Å². The molecule has 2 nitrogen and oxygen atoms in total. The molecule has 0 fully saturated rings. The Balaban J connectivity index is 0.780. The maximum atomic E-state index is 4.61. The number of unbranched alkanes of at least 4 members (excludes halogenated alkanes) is 2. The van der Waals surface area contributed by atoms with Crippen LogP contribution in [0.4, 0.5) is 34.1 Å². The molecule has 8 aromatic rings. The summed E-state index contributed by atoms with van der Waals surface area (Å²) in [5, 5.41) is 0. The third-order valence-corrected chi connectivity index (χ3v) is 15.9. The molecule has 0 aromatic heterocycles. The molecule has 0 aliphatic heterocycles. The maximum Gasteiger partial charge on any atom is 0.0463 e. The van der Waals surface area contributed by atoms with Crippen molar-refractivity contribution in [3.63, 3.8) is 0 Å². The van der Waals surface area contributed by atoms with E-state index in [-0.39, 0.29) is 5.41 Å². The van der Waals surface area contributed by atoms with Crippen molar-refractivity contribution in [1.82, 2.24) is 0 Å². The Bertz CT molecular complexity index is 2970. The average Bonchev–Trinajstić information content (AvgIpc) is 3.39. The molecule has 1 aliphatic carbocycles. The van der Waals surface area contributed by atoms with Gasteiger partial charge in [-0.3, -0.25) is 0 Å². The lowest BCUT2D eigenvalue weighted by atomic mass is 9.76. The normalized spacial score (nSPS) is 13.0. The van der Waals surface area contributed by atoms with E-state index in [4.69, 9.17) is 0 Å². The summed E-state index contributed by atoms with van der Waals surface area (Å²) in [6, 6.07) is 72.6. The van der Waals surface area contributed by atoms with Crippen LogP contribution >= 0.6 is 12.6 Å². The van der Waals surface area contributed by atoms with Crippen LogP contribution in [0.3, 0.4) is 0 Å². The monoisotopic (exact) mass is 993 g/mol. The van der Waals surface area contributed by atoms with E-state index in [0.717, 1.165) is 58.3 Å². The van der Waals surface area contributed by atoms with E-state index in [1.165, 1.54) is 103 Å². The minimum absolute atomic E-state index is 0.282. The molecule has 2 unspecified atom stereocenters. The van der Waals surface area contributed by atoms with Gasteiger partial charge in [-0.15, -0.1) is 12.6 Å². The summed E-state index contributed by atoms with van der Waals surface area (Å²) >= 11 is 4.61. The van der Waals surface area contributed by atoms with Gasteiger partial charge in [0.25, 0.3) is 0 Å². The van der Waals surface area contributed by atoms with Crippen LogP contribution in [0.5, 0.6) is 0 Å². The molecule has 3 heteroatoms. The number of hydrogen-bond acceptors (Lipinski definition) is 3. The lowest BCUT2D eigenvalue weighted by Gasteiger charge is -2.29. The van der Waals surface area contributed by atoms with Crippen LogP contribution < -0.4 is 9.80 Å². The van der Waals surface area contributed by atoms with Crippen molar-refractivity contribution in [3.8, 4) is 0 Å². The number of fused-ring (bicyclic) bond motifs is 1. The van der Waals surface area contributed by atoms with Gasteiger partial charge in [-0.25, -0.2) is 0 Å². The third-order valence-electron chi connectivity index (χ3n) is 15.6. The Morgan fingerprint density at radius 3 is 1.30 bits per heavy atom. The summed E-state index contributed by atoms with van der Waals surface area (Å²) in [5.41, 5.74) is 20.3. The van der Waals surface area contributed by atoms with Crippen LogP contribution in [0.1, 0.15) is 141 Å². The number of rotatable bonds is 23. The van der Waals surface area contributed by atoms with Gasteiger partial charge in [-0.05, 0) is 243 Å². The van der Waals surface area contributed by atoms with Crippen LogP contribution in [0.15, 0.2) is 199 Å². The van der Waals surface area contributed by atoms with Gasteiger partial charge in [-0.2, -0.15) is 0 Å². The fraction of sp³-hybridized carbons (Fsp3) is 0.324. The van der Waals surface area contributed by atoms with Crippen molar-refractivity contribution < 1.29 is 0 Å². The van der Waals surface area contributed by atoms with Crippen LogP contribution in [-0.2, 0) is 38.5 Å². The van der Waals surface area contributed by atoms with Crippen molar-refractivity contribution >= 4 is 46.8 Å². The summed E-state index contributed by atoms with van der Waals surface area (Å²) in [6.07, 6.45) is 15.6. The largest absolute Gasteiger partial charge is 0.311 e. The van der Waals surface area contributed by atoms with Gasteiger partial charge in [0.1, 0.15) is 0 Å². The first-order chi connectivity index (χ1) is 35.9. The Morgan fingerprint density at radius 2 is 0.838 bits per heavy atom. The fourth-order valence-electron chi connectivity index (χ4n) is 11.3. The first kappa shape index (κ1) is 52.6. The predicted molar refractivity (Wildman–Crippen MR) is 321 cm³/mol. The first-order valence-corrected chi connectivity index (χ1v) is 28.4. The number of para-hydroxylation sites is 1. The molecule has 0 amide bonds. The highest BCUT2D eigenvalue weighted by Gasteiger charge is 2.24. The van der Waals surface area contributed by atoms with E-state index >= 15 is 0 Å². The fourth-order valence-corrected chi connectivity index (χ4v) is 11.5. The van der Waals surface area contributed by atoms with Crippen molar-refractivity contribution in [2.75, 3.05) is 9.80 Å². The number of hydrogen-bond donors (Lipinski definition) is 1. The molecule has 1 aliphatic rings. The highest BCUT2D eigenvalue weighted by molar-refractivity contribution is 7.80. The van der Waals surface area contributed by atoms with Crippen molar-refractivity contribution in [2.45, 2.75) is 142 Å². The maximum absolute atomic E-state index is 4.61. The molecule has 0 heterocycles. The molecule has 74 heavy (non-hydrogen) atoms. The van der Waals surface area contributed by atoms with Crippen molar-refractivity contribution in [1.29, 1.82) is 0 Å². The molecular weight excluding hydrogens is 913 g/mol. The summed E-state index contributed by atoms with van der Waals surface area (Å²) in [6.45, 7) is 14.2. The zero-order valence-corrected chi connectivity index (χ0v) is 46.1. The van der Waals surface area contributed by atoms with E-state index in [0.29, 0.717) is 17.8 Å². The second-order valence-electron chi connectivity index (χ2n) is 22.9. The van der Waals surface area contributed by atoms with Gasteiger partial charge < -0.3 is 9.80 Å². The van der Waals surface area contributed by atoms with Gasteiger partial charge in [0.2, 0.25) is 0 Å². The smallest absolute Gasteiger partial charge is 0.0463 e. The van der Waals surface area contributed by atoms with Crippen molar-refractivity contribution in [2.24, 2.45) is 11.3 Å². The molecule has 380 valence electrons. The van der Waals surface area contributed by atoms with Gasteiger partial charge >= 0.3 is 0 Å². The molecule has 0 saturated heterocycles. The SMILES string of the molecule is Cc1ccc(N(c2ccccc2)c2ccc(N(c3ccc(S)cc3)c3ccc(CCCCc4ccc(C(CCC(CC(C)(C)C)c5ccc(CCCCc6ccc7c(c6)CC7)cc5)C(C)C)cc4)cc3)cc2)cc1. The second kappa shape index (κ2) is 24.8. The minimum Gasteiger partial charge on any atom is -0.311 e. The average molecular weight is 994 g/mol. The minimum atomic E-state index is 0.282. The van der Waals surface area contributed by atoms with Crippen LogP contribution in [0.2, 0.25) is 0 Å². The van der Waals surface area contributed by atoms with Crippen molar-refractivity contribution in [3.05, 3.63) is 244 Å². The predicted octanol–water partition coefficient (Wildman–Crippen LogP) is 20.2. The third kappa shape index (κ3) is 14.1. The summed E-state index contributed by atoms with van der Waals surface area (Å²) in [7, 11) is 0. The zero-order valence-electron chi connectivity index (χ0n) is 45.2.